The van der Waals surface area contributed by atoms with Crippen LogP contribution >= 0.6 is 0 Å². The molecule has 6 nitrogen and oxygen atoms in total. The van der Waals surface area contributed by atoms with Crippen molar-refractivity contribution in [2.45, 2.75) is 77.6 Å². The predicted molar refractivity (Wildman–Crippen MR) is 166 cm³/mol. The van der Waals surface area contributed by atoms with E-state index < -0.39 is 0 Å². The second-order valence-corrected chi connectivity index (χ2v) is 11.4. The summed E-state index contributed by atoms with van der Waals surface area (Å²) in [7, 11) is 3.56. The van der Waals surface area contributed by atoms with Crippen molar-refractivity contribution in [3.05, 3.63) is 89.0 Å². The SMILES string of the molecule is CCC(=NC)C1CCCN1C(C)c1ccc(N2C(=O)Cc3cc(OC)c(OC(C)C)cc3C2c2ccccc2)cc1. The molecule has 0 bridgehead atoms. The molecule has 2 aliphatic heterocycles. The summed E-state index contributed by atoms with van der Waals surface area (Å²) in [6.45, 7) is 9.58. The fourth-order valence-electron chi connectivity index (χ4n) is 6.58. The van der Waals surface area contributed by atoms with Crippen molar-refractivity contribution in [3.8, 4) is 11.5 Å². The Balaban J connectivity index is 1.52. The van der Waals surface area contributed by atoms with Gasteiger partial charge in [-0.3, -0.25) is 14.7 Å². The molecule has 3 aromatic carbocycles. The van der Waals surface area contributed by atoms with Gasteiger partial charge in [0.25, 0.3) is 0 Å². The van der Waals surface area contributed by atoms with Gasteiger partial charge < -0.3 is 14.4 Å². The van der Waals surface area contributed by atoms with Crippen molar-refractivity contribution in [1.29, 1.82) is 0 Å². The average Bonchev–Trinajstić information content (AvgIpc) is 3.46. The molecule has 3 atom stereocenters. The van der Waals surface area contributed by atoms with Gasteiger partial charge in [-0.15, -0.1) is 0 Å². The Kier molecular flexibility index (Phi) is 8.79. The molecule has 2 heterocycles. The Morgan fingerprint density at radius 2 is 1.76 bits per heavy atom. The lowest BCUT2D eigenvalue weighted by atomic mass is 9.86. The summed E-state index contributed by atoms with van der Waals surface area (Å²) in [5.41, 5.74) is 6.54. The number of hydrogen-bond donors (Lipinski definition) is 0. The summed E-state index contributed by atoms with van der Waals surface area (Å²) < 4.78 is 11.8. The Hall–Kier alpha value is -3.64. The summed E-state index contributed by atoms with van der Waals surface area (Å²) in [6.07, 6.45) is 3.65. The highest BCUT2D eigenvalue weighted by Crippen LogP contribution is 2.44. The van der Waals surface area contributed by atoms with Crippen LogP contribution in [-0.2, 0) is 11.2 Å². The van der Waals surface area contributed by atoms with Gasteiger partial charge in [0.05, 0.1) is 25.7 Å². The number of anilines is 1. The number of carbonyl (C=O) groups excluding carboxylic acids is 1. The number of benzene rings is 3. The second kappa shape index (κ2) is 12.5. The van der Waals surface area contributed by atoms with Gasteiger partial charge in [-0.25, -0.2) is 0 Å². The number of hydrogen-bond acceptors (Lipinski definition) is 5. The van der Waals surface area contributed by atoms with E-state index in [0.717, 1.165) is 41.8 Å². The van der Waals surface area contributed by atoms with E-state index in [2.05, 4.69) is 66.2 Å². The number of aliphatic imine (C=N–C) groups is 1. The lowest BCUT2D eigenvalue weighted by Gasteiger charge is -2.38. The minimum atomic E-state index is -0.271. The number of nitrogens with zero attached hydrogens (tertiary/aromatic N) is 3. The largest absolute Gasteiger partial charge is 0.493 e. The minimum absolute atomic E-state index is 0.000179. The molecule has 1 fully saturated rings. The fourth-order valence-corrected chi connectivity index (χ4v) is 6.58. The van der Waals surface area contributed by atoms with Gasteiger partial charge in [0.1, 0.15) is 0 Å². The van der Waals surface area contributed by atoms with Crippen molar-refractivity contribution < 1.29 is 14.3 Å². The fraction of sp³-hybridized carbons (Fsp3) is 0.429. The minimum Gasteiger partial charge on any atom is -0.493 e. The second-order valence-electron chi connectivity index (χ2n) is 11.4. The first-order chi connectivity index (χ1) is 19.9. The first-order valence-electron chi connectivity index (χ1n) is 14.9. The van der Waals surface area contributed by atoms with Crippen LogP contribution in [0.25, 0.3) is 0 Å². The van der Waals surface area contributed by atoms with E-state index in [4.69, 9.17) is 9.47 Å². The Morgan fingerprint density at radius 3 is 2.39 bits per heavy atom. The van der Waals surface area contributed by atoms with Gasteiger partial charge in [-0.1, -0.05) is 49.4 Å². The summed E-state index contributed by atoms with van der Waals surface area (Å²) in [6, 6.07) is 23.3. The third-order valence-electron chi connectivity index (χ3n) is 8.55. The third-order valence-corrected chi connectivity index (χ3v) is 8.55. The Labute approximate surface area is 245 Å². The monoisotopic (exact) mass is 553 g/mol. The van der Waals surface area contributed by atoms with E-state index >= 15 is 0 Å². The molecule has 0 aliphatic carbocycles. The number of methoxy groups -OCH3 is 1. The average molecular weight is 554 g/mol. The summed E-state index contributed by atoms with van der Waals surface area (Å²) in [5.74, 6) is 1.42. The highest BCUT2D eigenvalue weighted by atomic mass is 16.5. The van der Waals surface area contributed by atoms with Gasteiger partial charge >= 0.3 is 0 Å². The number of ether oxygens (including phenoxy) is 2. The number of amides is 1. The quantitative estimate of drug-likeness (QED) is 0.264. The Morgan fingerprint density at radius 1 is 1.02 bits per heavy atom. The van der Waals surface area contributed by atoms with E-state index in [1.54, 1.807) is 7.11 Å². The van der Waals surface area contributed by atoms with Crippen LogP contribution in [0, 0.1) is 0 Å². The molecule has 0 spiro atoms. The molecule has 6 heteroatoms. The molecule has 0 N–H and O–H groups in total. The maximum Gasteiger partial charge on any atom is 0.232 e. The molecule has 5 rings (SSSR count). The zero-order valence-electron chi connectivity index (χ0n) is 25.3. The van der Waals surface area contributed by atoms with Crippen molar-refractivity contribution in [1.82, 2.24) is 4.90 Å². The molecular formula is C35H43N3O3. The smallest absolute Gasteiger partial charge is 0.232 e. The zero-order valence-corrected chi connectivity index (χ0v) is 25.3. The van der Waals surface area contributed by atoms with E-state index in [1.165, 1.54) is 17.7 Å². The van der Waals surface area contributed by atoms with Crippen LogP contribution in [0.15, 0.2) is 71.7 Å². The van der Waals surface area contributed by atoms with Crippen LogP contribution in [0.3, 0.4) is 0 Å². The van der Waals surface area contributed by atoms with Crippen molar-refractivity contribution in [2.75, 3.05) is 25.6 Å². The lowest BCUT2D eigenvalue weighted by Crippen LogP contribution is -2.41. The molecule has 3 unspecified atom stereocenters. The van der Waals surface area contributed by atoms with Crippen LogP contribution < -0.4 is 14.4 Å². The molecule has 0 aromatic heterocycles. The molecule has 0 radical (unpaired) electrons. The van der Waals surface area contributed by atoms with Crippen LogP contribution in [-0.4, -0.2) is 49.4 Å². The molecule has 216 valence electrons. The maximum absolute atomic E-state index is 13.8. The van der Waals surface area contributed by atoms with Crippen LogP contribution in [0.2, 0.25) is 0 Å². The number of fused-ring (bicyclic) bond motifs is 1. The van der Waals surface area contributed by atoms with E-state index in [-0.39, 0.29) is 24.1 Å². The molecule has 3 aromatic rings. The topological polar surface area (TPSA) is 54.4 Å². The molecular weight excluding hydrogens is 510 g/mol. The zero-order chi connectivity index (χ0) is 29.1. The lowest BCUT2D eigenvalue weighted by molar-refractivity contribution is -0.118. The highest BCUT2D eigenvalue weighted by molar-refractivity contribution is 5.98. The van der Waals surface area contributed by atoms with Crippen molar-refractivity contribution >= 4 is 17.3 Å². The predicted octanol–water partition coefficient (Wildman–Crippen LogP) is 7.17. The van der Waals surface area contributed by atoms with Gasteiger partial charge in [0.15, 0.2) is 11.5 Å². The van der Waals surface area contributed by atoms with Gasteiger partial charge in [0, 0.05) is 30.5 Å². The number of likely N-dealkylation sites (tertiary alicyclic amines) is 1. The van der Waals surface area contributed by atoms with E-state index in [9.17, 15) is 4.79 Å². The van der Waals surface area contributed by atoms with Crippen molar-refractivity contribution in [2.24, 2.45) is 4.99 Å². The van der Waals surface area contributed by atoms with E-state index in [1.807, 2.05) is 50.1 Å². The third kappa shape index (κ3) is 5.76. The molecule has 1 saturated heterocycles. The maximum atomic E-state index is 13.8. The molecule has 1 amide bonds. The molecule has 0 saturated carbocycles. The normalized spacial score (nSPS) is 20.3. The summed E-state index contributed by atoms with van der Waals surface area (Å²) in [4.78, 5) is 23.0. The standard InChI is InChI=1S/C35H43N3O3/c1-7-30(36-5)31-14-11-19-37(31)24(4)25-15-17-28(18-16-25)38-34(39)21-27-20-32(40-6)33(41-23(2)3)22-29(27)35(38)26-12-9-8-10-13-26/h8-10,12-13,15-18,20,22-24,31,35H,7,11,14,19,21H2,1-6H3. The van der Waals surface area contributed by atoms with Crippen LogP contribution in [0.4, 0.5) is 5.69 Å². The first-order valence-corrected chi connectivity index (χ1v) is 14.9. The van der Waals surface area contributed by atoms with Gasteiger partial charge in [-0.05, 0) is 93.1 Å². The van der Waals surface area contributed by atoms with Crippen LogP contribution in [0.5, 0.6) is 11.5 Å². The van der Waals surface area contributed by atoms with Gasteiger partial charge in [0.2, 0.25) is 5.91 Å². The Bertz CT molecular complexity index is 1380. The van der Waals surface area contributed by atoms with Gasteiger partial charge in [-0.2, -0.15) is 0 Å². The first kappa shape index (κ1) is 28.9. The number of rotatable bonds is 9. The molecule has 2 aliphatic rings. The molecule has 41 heavy (non-hydrogen) atoms. The van der Waals surface area contributed by atoms with E-state index in [0.29, 0.717) is 24.0 Å². The number of carbonyl (C=O) groups is 1. The van der Waals surface area contributed by atoms with Crippen molar-refractivity contribution in [3.63, 3.8) is 0 Å². The summed E-state index contributed by atoms with van der Waals surface area (Å²) in [5, 5.41) is 0. The summed E-state index contributed by atoms with van der Waals surface area (Å²) >= 11 is 0. The van der Waals surface area contributed by atoms with Crippen LogP contribution in [0.1, 0.15) is 81.3 Å². The highest BCUT2D eigenvalue weighted by Gasteiger charge is 2.36.